The molecule has 31 heavy (non-hydrogen) atoms. The second-order valence-electron chi connectivity index (χ2n) is 7.51. The molecule has 0 bridgehead atoms. The summed E-state index contributed by atoms with van der Waals surface area (Å²) >= 11 is 0. The Morgan fingerprint density at radius 1 is 0.903 bits per heavy atom. The van der Waals surface area contributed by atoms with Gasteiger partial charge in [-0.1, -0.05) is 18.2 Å². The van der Waals surface area contributed by atoms with Crippen LogP contribution in [0.2, 0.25) is 0 Å². The molecule has 154 valence electrons. The van der Waals surface area contributed by atoms with E-state index in [9.17, 15) is 4.79 Å². The number of ether oxygens (including phenoxy) is 1. The molecule has 5 rings (SSSR count). The minimum Gasteiger partial charge on any atom is -0.494 e. The smallest absolute Gasteiger partial charge is 0.272 e. The largest absolute Gasteiger partial charge is 0.494 e. The molecule has 5 nitrogen and oxygen atoms in total. The Morgan fingerprint density at radius 2 is 1.68 bits per heavy atom. The van der Waals surface area contributed by atoms with Crippen molar-refractivity contribution in [3.05, 3.63) is 90.8 Å². The van der Waals surface area contributed by atoms with Gasteiger partial charge in [-0.2, -0.15) is 0 Å². The number of nitrogens with zero attached hydrogens (tertiary/aromatic N) is 2. The van der Waals surface area contributed by atoms with Gasteiger partial charge in [-0.05, 0) is 67.6 Å². The highest BCUT2D eigenvalue weighted by atomic mass is 16.5. The molecule has 5 aromatic rings. The van der Waals surface area contributed by atoms with E-state index in [4.69, 9.17) is 4.74 Å². The van der Waals surface area contributed by atoms with Gasteiger partial charge < -0.3 is 19.2 Å². The minimum atomic E-state index is -0.152. The predicted octanol–water partition coefficient (Wildman–Crippen LogP) is 5.77. The van der Waals surface area contributed by atoms with Crippen LogP contribution in [0.1, 0.15) is 17.4 Å². The lowest BCUT2D eigenvalue weighted by atomic mass is 10.2. The maximum Gasteiger partial charge on any atom is 0.272 e. The first-order valence-corrected chi connectivity index (χ1v) is 10.3. The Kier molecular flexibility index (Phi) is 4.71. The molecule has 3 aromatic carbocycles. The summed E-state index contributed by atoms with van der Waals surface area (Å²) in [7, 11) is 2.01. The first-order chi connectivity index (χ1) is 15.1. The Morgan fingerprint density at radius 3 is 2.48 bits per heavy atom. The standard InChI is InChI=1S/C26H23N3O2/c1-3-31-22-11-9-21(10-12-22)29-24-7-5-4-6-18(24)17-25(29)26(30)27-20-8-13-23-19(16-20)14-15-28(23)2/h4-17H,3H2,1-2H3,(H,27,30). The number of benzene rings is 3. The highest BCUT2D eigenvalue weighted by Gasteiger charge is 2.17. The zero-order valence-electron chi connectivity index (χ0n) is 17.5. The number of nitrogens with one attached hydrogen (secondary N) is 1. The van der Waals surface area contributed by atoms with Crippen LogP contribution in [0.15, 0.2) is 85.1 Å². The van der Waals surface area contributed by atoms with E-state index in [1.807, 2.05) is 104 Å². The molecule has 0 spiro atoms. The van der Waals surface area contributed by atoms with E-state index in [-0.39, 0.29) is 5.91 Å². The second-order valence-corrected chi connectivity index (χ2v) is 7.51. The highest BCUT2D eigenvalue weighted by molar-refractivity contribution is 6.07. The molecule has 0 fully saturated rings. The van der Waals surface area contributed by atoms with Crippen molar-refractivity contribution in [2.45, 2.75) is 6.92 Å². The number of para-hydroxylation sites is 1. The monoisotopic (exact) mass is 409 g/mol. The minimum absolute atomic E-state index is 0.152. The Labute approximate surface area is 180 Å². The van der Waals surface area contributed by atoms with Crippen molar-refractivity contribution in [2.75, 3.05) is 11.9 Å². The van der Waals surface area contributed by atoms with Crippen LogP contribution >= 0.6 is 0 Å². The summed E-state index contributed by atoms with van der Waals surface area (Å²) in [5.74, 6) is 0.658. The topological polar surface area (TPSA) is 48.2 Å². The molecule has 0 saturated carbocycles. The summed E-state index contributed by atoms with van der Waals surface area (Å²) < 4.78 is 9.62. The maximum atomic E-state index is 13.3. The number of hydrogen-bond donors (Lipinski definition) is 1. The van der Waals surface area contributed by atoms with E-state index in [1.165, 1.54) is 0 Å². The molecule has 0 saturated heterocycles. The van der Waals surface area contributed by atoms with Crippen LogP contribution in [-0.2, 0) is 7.05 Å². The Hall–Kier alpha value is -3.99. The van der Waals surface area contributed by atoms with Crippen molar-refractivity contribution in [2.24, 2.45) is 7.05 Å². The highest BCUT2D eigenvalue weighted by Crippen LogP contribution is 2.27. The van der Waals surface area contributed by atoms with Gasteiger partial charge in [-0.15, -0.1) is 0 Å². The number of anilines is 1. The number of hydrogen-bond acceptors (Lipinski definition) is 2. The van der Waals surface area contributed by atoms with E-state index < -0.39 is 0 Å². The SMILES string of the molecule is CCOc1ccc(-n2c(C(=O)Nc3ccc4c(ccn4C)c3)cc3ccccc32)cc1. The van der Waals surface area contributed by atoms with Gasteiger partial charge in [0.25, 0.3) is 5.91 Å². The van der Waals surface area contributed by atoms with E-state index in [1.54, 1.807) is 0 Å². The first-order valence-electron chi connectivity index (χ1n) is 10.3. The fraction of sp³-hybridized carbons (Fsp3) is 0.115. The molecule has 1 amide bonds. The fourth-order valence-electron chi connectivity index (χ4n) is 4.01. The molecule has 0 unspecified atom stereocenters. The average Bonchev–Trinajstić information content (AvgIpc) is 3.35. The zero-order valence-corrected chi connectivity index (χ0v) is 17.5. The molecule has 0 atom stereocenters. The van der Waals surface area contributed by atoms with Gasteiger partial charge in [-0.3, -0.25) is 4.79 Å². The van der Waals surface area contributed by atoms with Gasteiger partial charge >= 0.3 is 0 Å². The van der Waals surface area contributed by atoms with Crippen LogP contribution in [0.5, 0.6) is 5.75 Å². The molecule has 0 radical (unpaired) electrons. The van der Waals surface area contributed by atoms with Crippen LogP contribution in [0.3, 0.4) is 0 Å². The second kappa shape index (κ2) is 7.69. The van der Waals surface area contributed by atoms with Crippen LogP contribution in [0, 0.1) is 0 Å². The first kappa shape index (κ1) is 19.0. The predicted molar refractivity (Wildman–Crippen MR) is 125 cm³/mol. The van der Waals surface area contributed by atoms with Crippen molar-refractivity contribution in [3.8, 4) is 11.4 Å². The van der Waals surface area contributed by atoms with Crippen molar-refractivity contribution in [1.29, 1.82) is 0 Å². The van der Waals surface area contributed by atoms with Crippen molar-refractivity contribution < 1.29 is 9.53 Å². The molecule has 0 aliphatic heterocycles. The number of carbonyl (C=O) groups is 1. The molecular formula is C26H23N3O2. The molecule has 1 N–H and O–H groups in total. The lowest BCUT2D eigenvalue weighted by Gasteiger charge is -2.12. The summed E-state index contributed by atoms with van der Waals surface area (Å²) in [5, 5.41) is 5.17. The number of rotatable bonds is 5. The van der Waals surface area contributed by atoms with Crippen LogP contribution < -0.4 is 10.1 Å². The Bertz CT molecular complexity index is 1390. The van der Waals surface area contributed by atoms with Crippen LogP contribution in [-0.4, -0.2) is 21.6 Å². The molecule has 0 aliphatic rings. The third-order valence-electron chi connectivity index (χ3n) is 5.49. The molecule has 2 heterocycles. The summed E-state index contributed by atoms with van der Waals surface area (Å²) in [6.07, 6.45) is 2.01. The fourth-order valence-corrected chi connectivity index (χ4v) is 4.01. The Balaban J connectivity index is 1.55. The van der Waals surface area contributed by atoms with Crippen molar-refractivity contribution in [1.82, 2.24) is 9.13 Å². The van der Waals surface area contributed by atoms with Gasteiger partial charge in [0, 0.05) is 40.9 Å². The van der Waals surface area contributed by atoms with Gasteiger partial charge in [-0.25, -0.2) is 0 Å². The van der Waals surface area contributed by atoms with Gasteiger partial charge in [0.15, 0.2) is 0 Å². The zero-order chi connectivity index (χ0) is 21.4. The maximum absolute atomic E-state index is 13.3. The molecular weight excluding hydrogens is 386 g/mol. The summed E-state index contributed by atoms with van der Waals surface area (Å²) in [6, 6.07) is 25.8. The number of aromatic nitrogens is 2. The summed E-state index contributed by atoms with van der Waals surface area (Å²) in [5.41, 5.74) is 4.37. The van der Waals surface area contributed by atoms with Crippen molar-refractivity contribution >= 4 is 33.4 Å². The van der Waals surface area contributed by atoms with Gasteiger partial charge in [0.1, 0.15) is 11.4 Å². The lowest BCUT2D eigenvalue weighted by molar-refractivity contribution is 0.102. The van der Waals surface area contributed by atoms with E-state index in [2.05, 4.69) is 9.88 Å². The molecule has 0 aliphatic carbocycles. The normalized spacial score (nSPS) is 11.2. The van der Waals surface area contributed by atoms with Gasteiger partial charge in [0.2, 0.25) is 0 Å². The number of fused-ring (bicyclic) bond motifs is 2. The van der Waals surface area contributed by atoms with E-state index in [0.29, 0.717) is 12.3 Å². The molecule has 2 aromatic heterocycles. The van der Waals surface area contributed by atoms with Crippen LogP contribution in [0.4, 0.5) is 5.69 Å². The molecule has 5 heteroatoms. The number of amides is 1. The van der Waals surface area contributed by atoms with Gasteiger partial charge in [0.05, 0.1) is 12.1 Å². The van der Waals surface area contributed by atoms with Crippen molar-refractivity contribution in [3.63, 3.8) is 0 Å². The average molecular weight is 409 g/mol. The summed E-state index contributed by atoms with van der Waals surface area (Å²) in [6.45, 7) is 2.58. The van der Waals surface area contributed by atoms with E-state index in [0.717, 1.165) is 38.9 Å². The third-order valence-corrected chi connectivity index (χ3v) is 5.49. The lowest BCUT2D eigenvalue weighted by Crippen LogP contribution is -2.16. The summed E-state index contributed by atoms with van der Waals surface area (Å²) in [4.78, 5) is 13.3. The number of aryl methyl sites for hydroxylation is 1. The van der Waals surface area contributed by atoms with E-state index >= 15 is 0 Å². The number of carbonyl (C=O) groups excluding carboxylic acids is 1. The third kappa shape index (κ3) is 3.44. The quantitative estimate of drug-likeness (QED) is 0.400. The van der Waals surface area contributed by atoms with Crippen LogP contribution in [0.25, 0.3) is 27.5 Å².